The Morgan fingerprint density at radius 3 is 3.04 bits per heavy atom. The number of nitrogens with one attached hydrogen (secondary N) is 1. The van der Waals surface area contributed by atoms with Gasteiger partial charge in [0.05, 0.1) is 12.8 Å². The third kappa shape index (κ3) is 5.37. The lowest BCUT2D eigenvalue weighted by Crippen LogP contribution is -2.41. The summed E-state index contributed by atoms with van der Waals surface area (Å²) in [4.78, 5) is 14.5. The molecule has 1 aromatic rings. The number of carbonyl (C=O) groups excluding carboxylic acids is 1. The molecule has 0 bridgehead atoms. The van der Waals surface area contributed by atoms with E-state index in [1.54, 1.807) is 25.3 Å². The van der Waals surface area contributed by atoms with Crippen LogP contribution < -0.4 is 10.1 Å². The number of halogens is 1. The van der Waals surface area contributed by atoms with Gasteiger partial charge in [0, 0.05) is 30.6 Å². The minimum absolute atomic E-state index is 0.0566. The normalized spacial score (nSPS) is 18.7. The van der Waals surface area contributed by atoms with E-state index < -0.39 is 0 Å². The minimum Gasteiger partial charge on any atom is -0.495 e. The molecule has 0 radical (unpaired) electrons. The van der Waals surface area contributed by atoms with Crippen molar-refractivity contribution in [3.05, 3.63) is 23.2 Å². The monoisotopic (exact) mass is 340 g/mol. The zero-order chi connectivity index (χ0) is 16.7. The first-order valence-electron chi connectivity index (χ1n) is 8.12. The molecule has 23 heavy (non-hydrogen) atoms. The molecular formula is C17H25ClN2O3. The molecule has 6 heteroatoms. The van der Waals surface area contributed by atoms with Crippen LogP contribution in [0.2, 0.25) is 5.02 Å². The maximum atomic E-state index is 12.2. The Morgan fingerprint density at radius 2 is 2.30 bits per heavy atom. The molecule has 2 N–H and O–H groups in total. The number of hydrogen-bond donors (Lipinski definition) is 2. The number of aliphatic hydroxyl groups is 1. The molecule has 1 heterocycles. The van der Waals surface area contributed by atoms with Crippen LogP contribution in [-0.4, -0.2) is 48.8 Å². The number of piperidine rings is 1. The smallest absolute Gasteiger partial charge is 0.225 e. The van der Waals surface area contributed by atoms with Crippen molar-refractivity contribution in [2.75, 3.05) is 32.1 Å². The molecule has 0 aromatic heterocycles. The molecule has 1 unspecified atom stereocenters. The molecule has 1 atom stereocenters. The number of rotatable bonds is 7. The largest absolute Gasteiger partial charge is 0.495 e. The van der Waals surface area contributed by atoms with Crippen LogP contribution in [0.4, 0.5) is 5.69 Å². The van der Waals surface area contributed by atoms with Crippen LogP contribution in [0.25, 0.3) is 0 Å². The molecule has 5 nitrogen and oxygen atoms in total. The van der Waals surface area contributed by atoms with Gasteiger partial charge in [0.1, 0.15) is 5.75 Å². The Labute approximate surface area is 142 Å². The summed E-state index contributed by atoms with van der Waals surface area (Å²) in [5, 5.41) is 12.6. The fraction of sp³-hybridized carbons (Fsp3) is 0.588. The van der Waals surface area contributed by atoms with E-state index in [-0.39, 0.29) is 12.5 Å². The summed E-state index contributed by atoms with van der Waals surface area (Å²) >= 11 is 5.97. The minimum atomic E-state index is -0.0566. The topological polar surface area (TPSA) is 61.8 Å². The summed E-state index contributed by atoms with van der Waals surface area (Å²) in [5.74, 6) is 0.540. The number of benzene rings is 1. The highest BCUT2D eigenvalue weighted by Gasteiger charge is 2.22. The van der Waals surface area contributed by atoms with Crippen LogP contribution in [-0.2, 0) is 4.79 Å². The average molecular weight is 341 g/mol. The molecule has 1 aliphatic heterocycles. The van der Waals surface area contributed by atoms with Gasteiger partial charge in [-0.15, -0.1) is 0 Å². The molecule has 1 saturated heterocycles. The van der Waals surface area contributed by atoms with Gasteiger partial charge in [0.15, 0.2) is 0 Å². The number of ether oxygens (including phenoxy) is 1. The van der Waals surface area contributed by atoms with E-state index in [4.69, 9.17) is 21.4 Å². The van der Waals surface area contributed by atoms with Crippen LogP contribution in [0, 0.1) is 0 Å². The fourth-order valence-electron chi connectivity index (χ4n) is 3.07. The number of likely N-dealkylation sites (tertiary alicyclic amines) is 1. The van der Waals surface area contributed by atoms with Gasteiger partial charge in [-0.1, -0.05) is 18.0 Å². The molecule has 1 amide bonds. The quantitative estimate of drug-likeness (QED) is 0.801. The van der Waals surface area contributed by atoms with Gasteiger partial charge in [-0.05, 0) is 44.0 Å². The fourth-order valence-corrected chi connectivity index (χ4v) is 3.24. The second-order valence-corrected chi connectivity index (χ2v) is 6.28. The molecule has 0 aliphatic carbocycles. The molecule has 1 aromatic carbocycles. The van der Waals surface area contributed by atoms with Crippen LogP contribution in [0.1, 0.15) is 32.1 Å². The van der Waals surface area contributed by atoms with Gasteiger partial charge in [0.2, 0.25) is 5.91 Å². The highest BCUT2D eigenvalue weighted by Crippen LogP contribution is 2.28. The number of amides is 1. The predicted molar refractivity (Wildman–Crippen MR) is 92.2 cm³/mol. The van der Waals surface area contributed by atoms with Crippen LogP contribution in [0.15, 0.2) is 18.2 Å². The molecule has 2 rings (SSSR count). The number of hydrogen-bond acceptors (Lipinski definition) is 4. The lowest BCUT2D eigenvalue weighted by atomic mass is 9.99. The molecule has 1 aliphatic rings. The van der Waals surface area contributed by atoms with Gasteiger partial charge in [0.25, 0.3) is 0 Å². The second kappa shape index (κ2) is 9.11. The van der Waals surface area contributed by atoms with Gasteiger partial charge in [-0.25, -0.2) is 0 Å². The third-order valence-corrected chi connectivity index (χ3v) is 4.51. The van der Waals surface area contributed by atoms with E-state index in [2.05, 4.69) is 10.2 Å². The molecular weight excluding hydrogens is 316 g/mol. The summed E-state index contributed by atoms with van der Waals surface area (Å²) in [6.45, 7) is 1.91. The third-order valence-electron chi connectivity index (χ3n) is 4.27. The van der Waals surface area contributed by atoms with Gasteiger partial charge >= 0.3 is 0 Å². The Bertz CT molecular complexity index is 523. The first-order valence-corrected chi connectivity index (χ1v) is 8.50. The van der Waals surface area contributed by atoms with E-state index >= 15 is 0 Å². The van der Waals surface area contributed by atoms with E-state index in [0.29, 0.717) is 35.5 Å². The Hall–Kier alpha value is -1.30. The number of aliphatic hydroxyl groups excluding tert-OH is 1. The van der Waals surface area contributed by atoms with Crippen molar-refractivity contribution >= 4 is 23.2 Å². The van der Waals surface area contributed by atoms with Crippen molar-refractivity contribution in [3.8, 4) is 5.75 Å². The average Bonchev–Trinajstić information content (AvgIpc) is 2.54. The summed E-state index contributed by atoms with van der Waals surface area (Å²) in [6.07, 6.45) is 4.66. The van der Waals surface area contributed by atoms with Gasteiger partial charge in [-0.2, -0.15) is 0 Å². The first kappa shape index (κ1) is 18.0. The number of nitrogens with zero attached hydrogens (tertiary/aromatic N) is 1. The van der Waals surface area contributed by atoms with Crippen LogP contribution in [0.3, 0.4) is 0 Å². The summed E-state index contributed by atoms with van der Waals surface area (Å²) in [6, 6.07) is 5.54. The lowest BCUT2D eigenvalue weighted by Gasteiger charge is -2.35. The second-order valence-electron chi connectivity index (χ2n) is 5.84. The molecule has 0 spiro atoms. The Kier molecular flexibility index (Phi) is 7.15. The Balaban J connectivity index is 1.88. The van der Waals surface area contributed by atoms with E-state index in [1.165, 1.54) is 6.42 Å². The Morgan fingerprint density at radius 1 is 1.48 bits per heavy atom. The first-order chi connectivity index (χ1) is 11.1. The molecule has 0 saturated carbocycles. The van der Waals surface area contributed by atoms with Crippen molar-refractivity contribution in [3.63, 3.8) is 0 Å². The summed E-state index contributed by atoms with van der Waals surface area (Å²) in [7, 11) is 1.56. The lowest BCUT2D eigenvalue weighted by molar-refractivity contribution is -0.116. The van der Waals surface area contributed by atoms with Crippen LogP contribution >= 0.6 is 11.6 Å². The van der Waals surface area contributed by atoms with E-state index in [0.717, 1.165) is 25.8 Å². The van der Waals surface area contributed by atoms with E-state index in [9.17, 15) is 4.79 Å². The number of carbonyl (C=O) groups is 1. The zero-order valence-electron chi connectivity index (χ0n) is 13.6. The van der Waals surface area contributed by atoms with Crippen LogP contribution in [0.5, 0.6) is 5.75 Å². The number of anilines is 1. The van der Waals surface area contributed by atoms with Crippen molar-refractivity contribution in [2.24, 2.45) is 0 Å². The van der Waals surface area contributed by atoms with Crippen molar-refractivity contribution < 1.29 is 14.6 Å². The van der Waals surface area contributed by atoms with Gasteiger partial charge in [-0.3, -0.25) is 9.69 Å². The number of methoxy groups -OCH3 is 1. The maximum Gasteiger partial charge on any atom is 0.225 e. The highest BCUT2D eigenvalue weighted by molar-refractivity contribution is 6.31. The predicted octanol–water partition coefficient (Wildman–Crippen LogP) is 2.91. The van der Waals surface area contributed by atoms with Crippen molar-refractivity contribution in [2.45, 2.75) is 38.1 Å². The SMILES string of the molecule is COc1ccc(Cl)cc1NC(=O)CCN1CCCCC1CCO. The molecule has 1 fully saturated rings. The zero-order valence-corrected chi connectivity index (χ0v) is 14.3. The van der Waals surface area contributed by atoms with Crippen molar-refractivity contribution in [1.82, 2.24) is 4.90 Å². The van der Waals surface area contributed by atoms with E-state index in [1.807, 2.05) is 0 Å². The summed E-state index contributed by atoms with van der Waals surface area (Å²) < 4.78 is 5.23. The van der Waals surface area contributed by atoms with Crippen molar-refractivity contribution in [1.29, 1.82) is 0 Å². The highest BCUT2D eigenvalue weighted by atomic mass is 35.5. The standard InChI is InChI=1S/C17H25ClN2O3/c1-23-16-6-5-13(18)12-15(16)19-17(22)7-10-20-9-3-2-4-14(20)8-11-21/h5-6,12,14,21H,2-4,7-11H2,1H3,(H,19,22). The maximum absolute atomic E-state index is 12.2. The molecule has 128 valence electrons. The summed E-state index contributed by atoms with van der Waals surface area (Å²) in [5.41, 5.74) is 0.593. The van der Waals surface area contributed by atoms with Gasteiger partial charge < -0.3 is 15.2 Å².